The summed E-state index contributed by atoms with van der Waals surface area (Å²) < 4.78 is 17.2. The van der Waals surface area contributed by atoms with E-state index in [9.17, 15) is 4.79 Å². The van der Waals surface area contributed by atoms with Gasteiger partial charge in [-0.3, -0.25) is 4.79 Å². The molecule has 1 saturated heterocycles. The molecule has 1 amide bonds. The molecule has 132 valence electrons. The van der Waals surface area contributed by atoms with Crippen molar-refractivity contribution in [2.45, 2.75) is 51.7 Å². The van der Waals surface area contributed by atoms with Gasteiger partial charge in [-0.2, -0.15) is 0 Å². The van der Waals surface area contributed by atoms with E-state index < -0.39 is 7.12 Å². The lowest BCUT2D eigenvalue weighted by Gasteiger charge is -2.32. The van der Waals surface area contributed by atoms with Gasteiger partial charge in [0.1, 0.15) is 0 Å². The number of carbonyl (C=O) groups is 1. The van der Waals surface area contributed by atoms with Gasteiger partial charge in [-0.15, -0.1) is 0 Å². The van der Waals surface area contributed by atoms with Gasteiger partial charge in [-0.1, -0.05) is 24.3 Å². The van der Waals surface area contributed by atoms with Crippen LogP contribution in [0.4, 0.5) is 0 Å². The summed E-state index contributed by atoms with van der Waals surface area (Å²) in [5, 5.41) is 2.84. The Morgan fingerprint density at radius 1 is 1.17 bits per heavy atom. The molecule has 0 aliphatic carbocycles. The lowest BCUT2D eigenvalue weighted by molar-refractivity contribution is -0.121. The number of aryl methyl sites for hydroxylation is 1. The number of amides is 1. The number of ether oxygens (including phenoxy) is 1. The van der Waals surface area contributed by atoms with Crippen molar-refractivity contribution in [1.82, 2.24) is 5.32 Å². The molecule has 1 heterocycles. The fourth-order valence-corrected chi connectivity index (χ4v) is 2.59. The minimum atomic E-state index is -0.400. The molecule has 1 aliphatic rings. The Morgan fingerprint density at radius 3 is 2.42 bits per heavy atom. The summed E-state index contributed by atoms with van der Waals surface area (Å²) in [6, 6.07) is 8.00. The third-order valence-electron chi connectivity index (χ3n) is 4.81. The molecule has 0 unspecified atom stereocenters. The Balaban J connectivity index is 2.02. The number of carbonyl (C=O) groups excluding carboxylic acids is 1. The van der Waals surface area contributed by atoms with Crippen molar-refractivity contribution in [2.24, 2.45) is 0 Å². The van der Waals surface area contributed by atoms with E-state index in [4.69, 9.17) is 14.0 Å². The summed E-state index contributed by atoms with van der Waals surface area (Å²) in [6.07, 6.45) is 1.08. The molecule has 0 atom stereocenters. The molecular formula is C18H28BNO4. The molecule has 0 aromatic heterocycles. The first-order chi connectivity index (χ1) is 11.3. The van der Waals surface area contributed by atoms with Gasteiger partial charge >= 0.3 is 7.12 Å². The first kappa shape index (κ1) is 19.0. The fourth-order valence-electron chi connectivity index (χ4n) is 2.59. The molecule has 0 radical (unpaired) electrons. The first-order valence-corrected chi connectivity index (χ1v) is 8.46. The van der Waals surface area contributed by atoms with Gasteiger partial charge in [0.05, 0.1) is 17.8 Å². The standard InChI is InChI=1S/C18H28BNO4/c1-17(2)18(3,4)24-19(23-17)15-9-7-6-8-14(15)10-11-16(21)20-12-13-22-5/h6-9H,10-13H2,1-5H3,(H,20,21). The van der Waals surface area contributed by atoms with Crippen LogP contribution in [0.3, 0.4) is 0 Å². The van der Waals surface area contributed by atoms with Crippen molar-refractivity contribution in [3.8, 4) is 0 Å². The van der Waals surface area contributed by atoms with E-state index >= 15 is 0 Å². The average molecular weight is 333 g/mol. The van der Waals surface area contributed by atoms with Crippen LogP contribution >= 0.6 is 0 Å². The highest BCUT2D eigenvalue weighted by Crippen LogP contribution is 2.36. The predicted molar refractivity (Wildman–Crippen MR) is 95.4 cm³/mol. The Labute approximate surface area is 145 Å². The Morgan fingerprint density at radius 2 is 1.79 bits per heavy atom. The molecule has 1 aromatic carbocycles. The molecule has 1 aromatic rings. The Kier molecular flexibility index (Phi) is 6.07. The molecule has 0 bridgehead atoms. The van der Waals surface area contributed by atoms with E-state index in [-0.39, 0.29) is 17.1 Å². The lowest BCUT2D eigenvalue weighted by atomic mass is 9.75. The largest absolute Gasteiger partial charge is 0.495 e. The number of rotatable bonds is 7. The van der Waals surface area contributed by atoms with Gasteiger partial charge in [0.2, 0.25) is 5.91 Å². The van der Waals surface area contributed by atoms with E-state index in [1.165, 1.54) is 0 Å². The summed E-state index contributed by atoms with van der Waals surface area (Å²) in [5.74, 6) is 0.0239. The molecule has 1 N–H and O–H groups in total. The van der Waals surface area contributed by atoms with Crippen LogP contribution in [0, 0.1) is 0 Å². The van der Waals surface area contributed by atoms with Crippen LogP contribution < -0.4 is 10.8 Å². The highest BCUT2D eigenvalue weighted by Gasteiger charge is 2.52. The topological polar surface area (TPSA) is 56.8 Å². The quantitative estimate of drug-likeness (QED) is 0.609. The van der Waals surface area contributed by atoms with E-state index in [1.807, 2.05) is 52.0 Å². The minimum Gasteiger partial charge on any atom is -0.399 e. The zero-order valence-electron chi connectivity index (χ0n) is 15.3. The van der Waals surface area contributed by atoms with E-state index in [1.54, 1.807) is 7.11 Å². The SMILES string of the molecule is COCCNC(=O)CCc1ccccc1B1OC(C)(C)C(C)(C)O1. The minimum absolute atomic E-state index is 0.0239. The molecule has 5 nitrogen and oxygen atoms in total. The summed E-state index contributed by atoms with van der Waals surface area (Å²) in [6.45, 7) is 9.22. The van der Waals surface area contributed by atoms with Crippen molar-refractivity contribution in [3.05, 3.63) is 29.8 Å². The number of methoxy groups -OCH3 is 1. The van der Waals surface area contributed by atoms with E-state index in [0.717, 1.165) is 11.0 Å². The van der Waals surface area contributed by atoms with Crippen LogP contribution in [0.15, 0.2) is 24.3 Å². The summed E-state index contributed by atoms with van der Waals surface area (Å²) in [7, 11) is 1.22. The number of hydrogen-bond donors (Lipinski definition) is 1. The first-order valence-electron chi connectivity index (χ1n) is 8.46. The maximum Gasteiger partial charge on any atom is 0.495 e. The van der Waals surface area contributed by atoms with Crippen LogP contribution in [0.5, 0.6) is 0 Å². The zero-order valence-corrected chi connectivity index (χ0v) is 15.3. The molecule has 6 heteroatoms. The third kappa shape index (κ3) is 4.38. The predicted octanol–water partition coefficient (Wildman–Crippen LogP) is 1.68. The molecule has 1 fully saturated rings. The summed E-state index contributed by atoms with van der Waals surface area (Å²) >= 11 is 0. The highest BCUT2D eigenvalue weighted by atomic mass is 16.7. The maximum atomic E-state index is 11.9. The Bertz CT molecular complexity index is 558. The second kappa shape index (κ2) is 7.68. The van der Waals surface area contributed by atoms with Crippen LogP contribution in [0.1, 0.15) is 39.7 Å². The van der Waals surface area contributed by atoms with Crippen molar-refractivity contribution in [3.63, 3.8) is 0 Å². The fraction of sp³-hybridized carbons (Fsp3) is 0.611. The molecule has 1 aliphatic heterocycles. The van der Waals surface area contributed by atoms with Gasteiger partial charge < -0.3 is 19.4 Å². The van der Waals surface area contributed by atoms with Gasteiger partial charge in [0.15, 0.2) is 0 Å². The van der Waals surface area contributed by atoms with Gasteiger partial charge in [0, 0.05) is 20.1 Å². The lowest BCUT2D eigenvalue weighted by Crippen LogP contribution is -2.41. The number of nitrogens with one attached hydrogen (secondary N) is 1. The third-order valence-corrected chi connectivity index (χ3v) is 4.81. The van der Waals surface area contributed by atoms with Gasteiger partial charge in [-0.05, 0) is 45.1 Å². The Hall–Kier alpha value is -1.37. The van der Waals surface area contributed by atoms with Crippen molar-refractivity contribution in [1.29, 1.82) is 0 Å². The molecule has 0 spiro atoms. The van der Waals surface area contributed by atoms with Crippen LogP contribution in [-0.2, 0) is 25.3 Å². The van der Waals surface area contributed by atoms with E-state index in [0.29, 0.717) is 26.0 Å². The maximum absolute atomic E-state index is 11.9. The molecular weight excluding hydrogens is 305 g/mol. The van der Waals surface area contributed by atoms with Crippen LogP contribution in [-0.4, -0.2) is 44.5 Å². The number of hydrogen-bond acceptors (Lipinski definition) is 4. The molecule has 2 rings (SSSR count). The van der Waals surface area contributed by atoms with Crippen molar-refractivity contribution < 1.29 is 18.8 Å². The number of benzene rings is 1. The van der Waals surface area contributed by atoms with Crippen molar-refractivity contribution in [2.75, 3.05) is 20.3 Å². The van der Waals surface area contributed by atoms with E-state index in [2.05, 4.69) is 5.32 Å². The smallest absolute Gasteiger partial charge is 0.399 e. The van der Waals surface area contributed by atoms with Gasteiger partial charge in [0.25, 0.3) is 0 Å². The monoisotopic (exact) mass is 333 g/mol. The van der Waals surface area contributed by atoms with Crippen LogP contribution in [0.2, 0.25) is 0 Å². The highest BCUT2D eigenvalue weighted by molar-refractivity contribution is 6.62. The zero-order chi connectivity index (χ0) is 17.8. The van der Waals surface area contributed by atoms with Crippen LogP contribution in [0.25, 0.3) is 0 Å². The second-order valence-corrected chi connectivity index (χ2v) is 7.13. The molecule has 0 saturated carbocycles. The summed E-state index contributed by atoms with van der Waals surface area (Å²) in [4.78, 5) is 11.9. The van der Waals surface area contributed by atoms with Crippen molar-refractivity contribution >= 4 is 18.5 Å². The normalized spacial score (nSPS) is 18.6. The van der Waals surface area contributed by atoms with Gasteiger partial charge in [-0.25, -0.2) is 0 Å². The average Bonchev–Trinajstić information content (AvgIpc) is 2.74. The second-order valence-electron chi connectivity index (χ2n) is 7.13. The summed E-state index contributed by atoms with van der Waals surface area (Å²) in [5.41, 5.74) is 1.34. The molecule has 24 heavy (non-hydrogen) atoms.